The van der Waals surface area contributed by atoms with Crippen molar-refractivity contribution in [2.75, 3.05) is 24.5 Å². The molecule has 1 aliphatic rings. The van der Waals surface area contributed by atoms with Crippen LogP contribution in [0.1, 0.15) is 12.0 Å². The number of pyridine rings is 1. The summed E-state index contributed by atoms with van der Waals surface area (Å²) in [5.41, 5.74) is 2.63. The smallest absolute Gasteiger partial charge is 0.0553 e. The van der Waals surface area contributed by atoms with Gasteiger partial charge in [-0.3, -0.25) is 4.98 Å². The van der Waals surface area contributed by atoms with Crippen LogP contribution in [0.25, 0.3) is 0 Å². The van der Waals surface area contributed by atoms with Crippen molar-refractivity contribution in [3.05, 3.63) is 60.4 Å². The second-order valence-electron chi connectivity index (χ2n) is 5.35. The number of hydrogen-bond donors (Lipinski definition) is 1. The number of rotatable bonds is 3. The molecule has 104 valence electrons. The first-order chi connectivity index (χ1) is 9.92. The molecular weight excluding hydrogens is 246 g/mol. The molecule has 1 unspecified atom stereocenters. The molecule has 3 nitrogen and oxygen atoms in total. The van der Waals surface area contributed by atoms with E-state index in [1.807, 2.05) is 18.5 Å². The zero-order valence-electron chi connectivity index (χ0n) is 11.7. The highest BCUT2D eigenvalue weighted by Crippen LogP contribution is 2.16. The van der Waals surface area contributed by atoms with E-state index in [9.17, 15) is 0 Å². The molecule has 0 amide bonds. The molecule has 0 radical (unpaired) electrons. The Bertz CT molecular complexity index is 512. The summed E-state index contributed by atoms with van der Waals surface area (Å²) in [5, 5.41) is 3.67. The summed E-state index contributed by atoms with van der Waals surface area (Å²) >= 11 is 0. The Kier molecular flexibility index (Phi) is 4.28. The fourth-order valence-corrected chi connectivity index (χ4v) is 2.81. The maximum atomic E-state index is 4.24. The molecule has 1 aromatic heterocycles. The van der Waals surface area contributed by atoms with Gasteiger partial charge in [0.25, 0.3) is 0 Å². The number of hydrogen-bond acceptors (Lipinski definition) is 3. The normalized spacial score (nSPS) is 19.6. The van der Waals surface area contributed by atoms with Gasteiger partial charge in [0.15, 0.2) is 0 Å². The van der Waals surface area contributed by atoms with Gasteiger partial charge in [-0.25, -0.2) is 0 Å². The molecule has 1 saturated heterocycles. The average molecular weight is 267 g/mol. The number of benzene rings is 1. The SMILES string of the molecule is c1ccc(CC2CN(c3cccnc3)CCCN2)cc1. The van der Waals surface area contributed by atoms with Crippen molar-refractivity contribution in [1.82, 2.24) is 10.3 Å². The highest BCUT2D eigenvalue weighted by atomic mass is 15.2. The largest absolute Gasteiger partial charge is 0.369 e. The molecule has 2 aromatic rings. The van der Waals surface area contributed by atoms with Gasteiger partial charge in [-0.05, 0) is 37.1 Å². The van der Waals surface area contributed by atoms with Crippen LogP contribution < -0.4 is 10.2 Å². The number of anilines is 1. The monoisotopic (exact) mass is 267 g/mol. The van der Waals surface area contributed by atoms with Gasteiger partial charge in [0.1, 0.15) is 0 Å². The fraction of sp³-hybridized carbons (Fsp3) is 0.353. The maximum absolute atomic E-state index is 4.24. The third-order valence-corrected chi connectivity index (χ3v) is 3.81. The molecular formula is C17H21N3. The van der Waals surface area contributed by atoms with Crippen LogP contribution >= 0.6 is 0 Å². The van der Waals surface area contributed by atoms with E-state index in [1.54, 1.807) is 0 Å². The van der Waals surface area contributed by atoms with E-state index in [0.29, 0.717) is 6.04 Å². The third kappa shape index (κ3) is 3.36. The van der Waals surface area contributed by atoms with Crippen LogP contribution in [0, 0.1) is 0 Å². The topological polar surface area (TPSA) is 28.2 Å². The molecule has 1 fully saturated rings. The van der Waals surface area contributed by atoms with Crippen LogP contribution in [-0.2, 0) is 6.42 Å². The lowest BCUT2D eigenvalue weighted by atomic mass is 10.1. The molecule has 1 aliphatic heterocycles. The van der Waals surface area contributed by atoms with Gasteiger partial charge in [0.05, 0.1) is 11.9 Å². The van der Waals surface area contributed by atoms with Crippen LogP contribution in [0.3, 0.4) is 0 Å². The van der Waals surface area contributed by atoms with Crippen LogP contribution in [0.15, 0.2) is 54.9 Å². The third-order valence-electron chi connectivity index (χ3n) is 3.81. The Morgan fingerprint density at radius 3 is 2.85 bits per heavy atom. The van der Waals surface area contributed by atoms with Gasteiger partial charge >= 0.3 is 0 Å². The molecule has 3 rings (SSSR count). The van der Waals surface area contributed by atoms with Crippen LogP contribution in [0.2, 0.25) is 0 Å². The molecule has 0 bridgehead atoms. The van der Waals surface area contributed by atoms with Crippen LogP contribution in [-0.4, -0.2) is 30.7 Å². The highest BCUT2D eigenvalue weighted by Gasteiger charge is 2.18. The highest BCUT2D eigenvalue weighted by molar-refractivity contribution is 5.44. The minimum atomic E-state index is 0.500. The van der Waals surface area contributed by atoms with Gasteiger partial charge in [-0.2, -0.15) is 0 Å². The molecule has 1 aromatic carbocycles. The summed E-state index contributed by atoms with van der Waals surface area (Å²) in [4.78, 5) is 6.68. The van der Waals surface area contributed by atoms with E-state index in [-0.39, 0.29) is 0 Å². The Morgan fingerprint density at radius 1 is 1.15 bits per heavy atom. The lowest BCUT2D eigenvalue weighted by Crippen LogP contribution is -2.39. The summed E-state index contributed by atoms with van der Waals surface area (Å²) in [6, 6.07) is 15.4. The van der Waals surface area contributed by atoms with Crippen molar-refractivity contribution in [3.8, 4) is 0 Å². The number of nitrogens with one attached hydrogen (secondary N) is 1. The lowest BCUT2D eigenvalue weighted by molar-refractivity contribution is 0.540. The fourth-order valence-electron chi connectivity index (χ4n) is 2.81. The Balaban J connectivity index is 1.69. The zero-order valence-corrected chi connectivity index (χ0v) is 11.7. The molecule has 0 aliphatic carbocycles. The van der Waals surface area contributed by atoms with Crippen molar-refractivity contribution >= 4 is 5.69 Å². The van der Waals surface area contributed by atoms with Gasteiger partial charge in [0, 0.05) is 25.3 Å². The Hall–Kier alpha value is -1.87. The first-order valence-corrected chi connectivity index (χ1v) is 7.34. The van der Waals surface area contributed by atoms with Gasteiger partial charge in [-0.15, -0.1) is 0 Å². The van der Waals surface area contributed by atoms with E-state index in [2.05, 4.69) is 51.6 Å². The van der Waals surface area contributed by atoms with Crippen molar-refractivity contribution in [1.29, 1.82) is 0 Å². The van der Waals surface area contributed by atoms with E-state index < -0.39 is 0 Å². The second-order valence-corrected chi connectivity index (χ2v) is 5.35. The molecule has 3 heteroatoms. The minimum absolute atomic E-state index is 0.500. The summed E-state index contributed by atoms with van der Waals surface area (Å²) in [6.45, 7) is 3.23. The quantitative estimate of drug-likeness (QED) is 0.926. The van der Waals surface area contributed by atoms with Gasteiger partial charge < -0.3 is 10.2 Å². The van der Waals surface area contributed by atoms with Crippen molar-refractivity contribution in [2.24, 2.45) is 0 Å². The summed E-state index contributed by atoms with van der Waals surface area (Å²) in [5.74, 6) is 0. The van der Waals surface area contributed by atoms with Crippen molar-refractivity contribution in [3.63, 3.8) is 0 Å². The van der Waals surface area contributed by atoms with E-state index in [4.69, 9.17) is 0 Å². The first-order valence-electron chi connectivity index (χ1n) is 7.34. The van der Waals surface area contributed by atoms with Crippen molar-refractivity contribution in [2.45, 2.75) is 18.9 Å². The maximum Gasteiger partial charge on any atom is 0.0553 e. The predicted octanol–water partition coefficient (Wildman–Crippen LogP) is 2.49. The summed E-state index contributed by atoms with van der Waals surface area (Å²) in [7, 11) is 0. The Morgan fingerprint density at radius 2 is 2.05 bits per heavy atom. The van der Waals surface area contributed by atoms with Crippen LogP contribution in [0.4, 0.5) is 5.69 Å². The Labute approximate surface area is 120 Å². The molecule has 2 heterocycles. The summed E-state index contributed by atoms with van der Waals surface area (Å²) < 4.78 is 0. The molecule has 20 heavy (non-hydrogen) atoms. The molecule has 0 saturated carbocycles. The molecule has 0 spiro atoms. The number of nitrogens with zero attached hydrogens (tertiary/aromatic N) is 2. The van der Waals surface area contributed by atoms with Gasteiger partial charge in [0.2, 0.25) is 0 Å². The predicted molar refractivity (Wildman–Crippen MR) is 83.0 cm³/mol. The van der Waals surface area contributed by atoms with Crippen molar-refractivity contribution < 1.29 is 0 Å². The first kappa shape index (κ1) is 13.1. The molecule has 1 atom stereocenters. The van der Waals surface area contributed by atoms with E-state index >= 15 is 0 Å². The number of aromatic nitrogens is 1. The zero-order chi connectivity index (χ0) is 13.6. The minimum Gasteiger partial charge on any atom is -0.369 e. The van der Waals surface area contributed by atoms with Crippen LogP contribution in [0.5, 0.6) is 0 Å². The molecule has 1 N–H and O–H groups in total. The average Bonchev–Trinajstić information content (AvgIpc) is 2.75. The lowest BCUT2D eigenvalue weighted by Gasteiger charge is -2.26. The van der Waals surface area contributed by atoms with E-state index in [1.165, 1.54) is 17.7 Å². The summed E-state index contributed by atoms with van der Waals surface area (Å²) in [6.07, 6.45) is 6.06. The van der Waals surface area contributed by atoms with Gasteiger partial charge in [-0.1, -0.05) is 30.3 Å². The second kappa shape index (κ2) is 6.53. The standard InChI is InChI=1S/C17H21N3/c1-2-6-15(7-3-1)12-16-14-20(11-5-10-19-16)17-8-4-9-18-13-17/h1-4,6-9,13,16,19H,5,10-12,14H2. The van der Waals surface area contributed by atoms with E-state index in [0.717, 1.165) is 26.1 Å².